The van der Waals surface area contributed by atoms with Crippen LogP contribution < -0.4 is 9.29 Å². The summed E-state index contributed by atoms with van der Waals surface area (Å²) in [5, 5.41) is 3.70. The van der Waals surface area contributed by atoms with Crippen LogP contribution in [0.1, 0.15) is 40.6 Å². The number of aryl methyl sites for hydroxylation is 1. The van der Waals surface area contributed by atoms with E-state index in [-0.39, 0.29) is 23.2 Å². The third kappa shape index (κ3) is 5.03. The smallest absolute Gasteiger partial charge is 0.341 e. The van der Waals surface area contributed by atoms with Crippen molar-refractivity contribution >= 4 is 61.0 Å². The van der Waals surface area contributed by atoms with E-state index in [1.165, 1.54) is 15.3 Å². The molecular formula is C26H26N3O5S3+. The molecular weight excluding hydrogens is 531 g/mol. The molecule has 1 aliphatic carbocycles. The van der Waals surface area contributed by atoms with E-state index in [0.29, 0.717) is 26.8 Å². The number of carbonyl (C=O) groups is 2. The lowest BCUT2D eigenvalue weighted by atomic mass is 9.95. The number of benzene rings is 2. The molecule has 0 aliphatic heterocycles. The molecule has 192 valence electrons. The largest absolute Gasteiger partial charge is 0.462 e. The van der Waals surface area contributed by atoms with Crippen LogP contribution in [-0.2, 0) is 32.4 Å². The highest BCUT2D eigenvalue weighted by Crippen LogP contribution is 2.38. The molecule has 0 bridgehead atoms. The summed E-state index contributed by atoms with van der Waals surface area (Å²) >= 11 is 2.51. The molecule has 0 atom stereocenters. The molecule has 11 heteroatoms. The predicted molar refractivity (Wildman–Crippen MR) is 144 cm³/mol. The third-order valence-corrected chi connectivity index (χ3v) is 10.1. The standard InChI is InChI=1S/C26H25N3O5S3/c1-2-34-25(31)23-18-12-6-9-15-21(18)36-24(23)28-22(30)16-35-26-27-19-13-7-8-14-20(19)29(26)37(32,33)17-10-4-3-5-11-17/h3-5,7-8,10-11,13-14H,2,6,9,12,15-16H2,1H3,(H,28,30,31)/p+1. The zero-order chi connectivity index (χ0) is 26.0. The molecule has 2 heterocycles. The summed E-state index contributed by atoms with van der Waals surface area (Å²) in [7, 11) is -3.91. The van der Waals surface area contributed by atoms with Gasteiger partial charge in [0.15, 0.2) is 11.0 Å². The number of imidazole rings is 1. The zero-order valence-corrected chi connectivity index (χ0v) is 22.6. The number of amides is 1. The molecule has 37 heavy (non-hydrogen) atoms. The Morgan fingerprint density at radius 3 is 2.59 bits per heavy atom. The van der Waals surface area contributed by atoms with Crippen LogP contribution in [0.2, 0.25) is 0 Å². The van der Waals surface area contributed by atoms with Gasteiger partial charge in [0.2, 0.25) is 5.91 Å². The molecule has 2 aromatic heterocycles. The first-order chi connectivity index (χ1) is 17.9. The van der Waals surface area contributed by atoms with E-state index in [9.17, 15) is 18.0 Å². The maximum Gasteiger partial charge on any atom is 0.341 e. The second kappa shape index (κ2) is 10.7. The molecule has 1 aliphatic rings. The summed E-state index contributed by atoms with van der Waals surface area (Å²) < 4.78 is 33.6. The van der Waals surface area contributed by atoms with E-state index in [1.54, 1.807) is 55.5 Å². The zero-order valence-electron chi connectivity index (χ0n) is 20.2. The fourth-order valence-corrected chi connectivity index (χ4v) is 8.31. The van der Waals surface area contributed by atoms with E-state index in [4.69, 9.17) is 4.74 Å². The summed E-state index contributed by atoms with van der Waals surface area (Å²) in [6.07, 6.45) is 3.71. The topological polar surface area (TPSA) is 109 Å². The Balaban J connectivity index is 1.42. The lowest BCUT2D eigenvalue weighted by molar-refractivity contribution is -0.526. The van der Waals surface area contributed by atoms with Gasteiger partial charge in [0.25, 0.3) is 0 Å². The minimum atomic E-state index is -3.91. The molecule has 0 fully saturated rings. The summed E-state index contributed by atoms with van der Waals surface area (Å²) in [6.45, 7) is 2.01. The van der Waals surface area contributed by atoms with Gasteiger partial charge in [-0.2, -0.15) is 8.42 Å². The molecule has 4 aromatic rings. The van der Waals surface area contributed by atoms with Gasteiger partial charge in [-0.1, -0.05) is 30.3 Å². The van der Waals surface area contributed by atoms with E-state index < -0.39 is 16.0 Å². The van der Waals surface area contributed by atoms with Crippen molar-refractivity contribution in [1.82, 2.24) is 4.98 Å². The number of fused-ring (bicyclic) bond motifs is 2. The Kier molecular flexibility index (Phi) is 7.36. The number of anilines is 1. The number of nitrogens with zero attached hydrogens (tertiary/aromatic N) is 1. The van der Waals surface area contributed by atoms with E-state index in [2.05, 4.69) is 10.3 Å². The van der Waals surface area contributed by atoms with E-state index >= 15 is 0 Å². The number of rotatable bonds is 8. The number of hydrogen-bond donors (Lipinski definition) is 2. The molecule has 5 rings (SSSR count). The SMILES string of the molecule is CCOC(=O)c1c(NC(=O)CSc2[nH]c3ccccc3[n+]2S(=O)(=O)c2ccccc2)sc2c1CCCC2. The monoisotopic (exact) mass is 556 g/mol. The van der Waals surface area contributed by atoms with Crippen molar-refractivity contribution in [3.05, 3.63) is 70.6 Å². The molecule has 2 N–H and O–H groups in total. The fourth-order valence-electron chi connectivity index (χ4n) is 4.43. The number of esters is 1. The minimum absolute atomic E-state index is 0.0536. The van der Waals surface area contributed by atoms with Crippen molar-refractivity contribution in [3.63, 3.8) is 0 Å². The normalized spacial score (nSPS) is 13.3. The van der Waals surface area contributed by atoms with Crippen LogP contribution in [0.25, 0.3) is 11.0 Å². The van der Waals surface area contributed by atoms with Gasteiger partial charge in [-0.05, 0) is 74.2 Å². The quantitative estimate of drug-likeness (QED) is 0.187. The third-order valence-electron chi connectivity index (χ3n) is 6.07. The van der Waals surface area contributed by atoms with Gasteiger partial charge in [0, 0.05) is 4.88 Å². The Morgan fingerprint density at radius 2 is 1.81 bits per heavy atom. The molecule has 0 saturated carbocycles. The predicted octanol–water partition coefficient (Wildman–Crippen LogP) is 4.54. The molecule has 0 saturated heterocycles. The maximum absolute atomic E-state index is 13.5. The van der Waals surface area contributed by atoms with Gasteiger partial charge < -0.3 is 10.1 Å². The molecule has 8 nitrogen and oxygen atoms in total. The van der Waals surface area contributed by atoms with Crippen molar-refractivity contribution in [3.8, 4) is 0 Å². The first-order valence-electron chi connectivity index (χ1n) is 12.0. The lowest BCUT2D eigenvalue weighted by Crippen LogP contribution is -2.44. The van der Waals surface area contributed by atoms with Gasteiger partial charge in [0.1, 0.15) is 9.90 Å². The van der Waals surface area contributed by atoms with Gasteiger partial charge >= 0.3 is 21.1 Å². The van der Waals surface area contributed by atoms with E-state index in [0.717, 1.165) is 47.9 Å². The molecule has 2 aromatic carbocycles. The first-order valence-corrected chi connectivity index (χ1v) is 15.2. The number of thioether (sulfide) groups is 1. The van der Waals surface area contributed by atoms with Crippen LogP contribution >= 0.6 is 23.1 Å². The van der Waals surface area contributed by atoms with E-state index in [1.807, 2.05) is 6.07 Å². The summed E-state index contributed by atoms with van der Waals surface area (Å²) in [5.41, 5.74) is 2.55. The molecule has 0 spiro atoms. The Bertz CT molecular complexity index is 1580. The van der Waals surface area contributed by atoms with Crippen LogP contribution in [0.15, 0.2) is 64.6 Å². The van der Waals surface area contributed by atoms with Gasteiger partial charge in [-0.15, -0.1) is 15.3 Å². The van der Waals surface area contributed by atoms with Crippen LogP contribution in [-0.4, -0.2) is 37.6 Å². The Morgan fingerprint density at radius 1 is 1.08 bits per heavy atom. The van der Waals surface area contributed by atoms with Crippen molar-refractivity contribution in [2.75, 3.05) is 17.7 Å². The van der Waals surface area contributed by atoms with Crippen molar-refractivity contribution < 1.29 is 26.7 Å². The molecule has 0 radical (unpaired) electrons. The Labute approximate surface area is 223 Å². The second-order valence-corrected chi connectivity index (χ2v) is 12.4. The number of aromatic amines is 1. The highest BCUT2D eigenvalue weighted by molar-refractivity contribution is 8.00. The minimum Gasteiger partial charge on any atom is -0.462 e. The lowest BCUT2D eigenvalue weighted by Gasteiger charge is -2.12. The number of H-pyrrole nitrogens is 1. The average molecular weight is 557 g/mol. The number of para-hydroxylation sites is 2. The second-order valence-electron chi connectivity index (χ2n) is 8.50. The number of aromatic nitrogens is 2. The van der Waals surface area contributed by atoms with Crippen molar-refractivity contribution in [2.24, 2.45) is 0 Å². The number of thiophene rings is 1. The fraction of sp³-hybridized carbons (Fsp3) is 0.269. The van der Waals surface area contributed by atoms with Crippen LogP contribution in [0.3, 0.4) is 0 Å². The molecule has 0 unspecified atom stereocenters. The maximum atomic E-state index is 13.5. The first kappa shape index (κ1) is 25.5. The van der Waals surface area contributed by atoms with Gasteiger partial charge in [-0.25, -0.2) is 9.78 Å². The summed E-state index contributed by atoms with van der Waals surface area (Å²) in [5.74, 6) is -0.814. The van der Waals surface area contributed by atoms with Gasteiger partial charge in [-0.3, -0.25) is 4.79 Å². The highest BCUT2D eigenvalue weighted by Gasteiger charge is 2.32. The van der Waals surface area contributed by atoms with Crippen molar-refractivity contribution in [2.45, 2.75) is 42.7 Å². The van der Waals surface area contributed by atoms with Crippen LogP contribution in [0.4, 0.5) is 5.00 Å². The summed E-state index contributed by atoms with van der Waals surface area (Å²) in [4.78, 5) is 30.1. The summed E-state index contributed by atoms with van der Waals surface area (Å²) in [6, 6.07) is 15.3. The van der Waals surface area contributed by atoms with Gasteiger partial charge in [0.05, 0.1) is 17.9 Å². The highest BCUT2D eigenvalue weighted by atomic mass is 32.2. The number of nitrogens with one attached hydrogen (secondary N) is 2. The number of hydrogen-bond acceptors (Lipinski definition) is 7. The van der Waals surface area contributed by atoms with Crippen LogP contribution in [0.5, 0.6) is 0 Å². The molecule has 1 amide bonds. The van der Waals surface area contributed by atoms with Crippen molar-refractivity contribution in [1.29, 1.82) is 0 Å². The average Bonchev–Trinajstić information content (AvgIpc) is 3.46. The number of ether oxygens (including phenoxy) is 1. The Hall–Kier alpha value is -3.15. The number of carbonyl (C=O) groups excluding carboxylic acids is 2. The van der Waals surface area contributed by atoms with Crippen LogP contribution in [0, 0.1) is 0 Å².